The molecule has 2 unspecified atom stereocenters. The number of likely N-dealkylation sites (N-methyl/N-ethyl adjacent to an activating group) is 1. The first-order valence-electron chi connectivity index (χ1n) is 18.0. The van der Waals surface area contributed by atoms with Crippen LogP contribution in [0.5, 0.6) is 28.7 Å². The number of carbonyl (C=O) groups excluding carboxylic acids is 4. The predicted octanol–water partition coefficient (Wildman–Crippen LogP) is 2.88. The number of cyclic esters (lactones) is 1. The van der Waals surface area contributed by atoms with Gasteiger partial charge in [-0.05, 0) is 44.4 Å². The van der Waals surface area contributed by atoms with E-state index in [1.54, 1.807) is 20.8 Å². The van der Waals surface area contributed by atoms with E-state index in [9.17, 15) is 29.5 Å². The van der Waals surface area contributed by atoms with Crippen molar-refractivity contribution < 1.29 is 48.0 Å². The van der Waals surface area contributed by atoms with E-state index in [1.807, 2.05) is 20.0 Å². The van der Waals surface area contributed by atoms with Gasteiger partial charge in [0.15, 0.2) is 23.0 Å². The van der Waals surface area contributed by atoms with Gasteiger partial charge in [-0.25, -0.2) is 4.79 Å². The summed E-state index contributed by atoms with van der Waals surface area (Å²) in [5.41, 5.74) is 4.08. The first-order chi connectivity index (χ1) is 25.7. The Morgan fingerprint density at radius 2 is 1.81 bits per heavy atom. The average Bonchev–Trinajstić information content (AvgIpc) is 3.60. The van der Waals surface area contributed by atoms with Crippen LogP contribution >= 0.6 is 11.8 Å². The molecule has 2 fully saturated rings. The fourth-order valence-electron chi connectivity index (χ4n) is 9.08. The van der Waals surface area contributed by atoms with Crippen LogP contribution < -0.4 is 29.6 Å². The van der Waals surface area contributed by atoms with Gasteiger partial charge in [-0.1, -0.05) is 19.9 Å². The number of phenols is 1. The number of rotatable bonds is 6. The second-order valence-corrected chi connectivity index (χ2v) is 16.0. The number of amides is 2. The molecule has 0 aromatic heterocycles. The molecule has 7 rings (SSSR count). The van der Waals surface area contributed by atoms with Crippen molar-refractivity contribution in [1.82, 2.24) is 20.4 Å². The van der Waals surface area contributed by atoms with Crippen LogP contribution in [-0.2, 0) is 30.3 Å². The van der Waals surface area contributed by atoms with Gasteiger partial charge in [-0.15, -0.1) is 11.8 Å². The lowest BCUT2D eigenvalue weighted by Gasteiger charge is -2.61. The molecule has 8 atom stereocenters. The van der Waals surface area contributed by atoms with Crippen molar-refractivity contribution in [2.45, 2.75) is 95.5 Å². The van der Waals surface area contributed by atoms with Crippen LogP contribution in [0.1, 0.15) is 78.4 Å². The van der Waals surface area contributed by atoms with E-state index in [0.717, 1.165) is 11.1 Å². The van der Waals surface area contributed by atoms with Crippen LogP contribution in [0.15, 0.2) is 6.07 Å². The fourth-order valence-corrected chi connectivity index (χ4v) is 10.6. The Balaban J connectivity index is 1.45. The molecule has 288 valence electrons. The number of ether oxygens (including phenoxy) is 5. The first-order valence-corrected chi connectivity index (χ1v) is 19.0. The second kappa shape index (κ2) is 14.2. The Bertz CT molecular complexity index is 1980. The highest BCUT2D eigenvalue weighted by atomic mass is 32.2. The van der Waals surface area contributed by atoms with Gasteiger partial charge >= 0.3 is 11.9 Å². The van der Waals surface area contributed by atoms with Gasteiger partial charge in [-0.3, -0.25) is 24.2 Å². The van der Waals surface area contributed by atoms with Crippen LogP contribution in [0, 0.1) is 31.1 Å². The fraction of sp³-hybridized carbons (Fsp3) is 0.553. The van der Waals surface area contributed by atoms with Gasteiger partial charge in [0.05, 0.1) is 30.5 Å². The maximum absolute atomic E-state index is 13.9. The van der Waals surface area contributed by atoms with Gasteiger partial charge in [0.25, 0.3) is 0 Å². The molecule has 5 aliphatic rings. The summed E-state index contributed by atoms with van der Waals surface area (Å²) in [6, 6.07) is -0.379. The van der Waals surface area contributed by atoms with Crippen molar-refractivity contribution in [3.8, 4) is 34.8 Å². The minimum absolute atomic E-state index is 0.00712. The summed E-state index contributed by atoms with van der Waals surface area (Å²) in [5, 5.41) is 27.8. The number of hydrogen-bond acceptors (Lipinski definition) is 14. The van der Waals surface area contributed by atoms with E-state index < -0.39 is 59.3 Å². The van der Waals surface area contributed by atoms with Crippen molar-refractivity contribution in [2.24, 2.45) is 5.92 Å². The number of fused-ring (bicyclic) bond motifs is 9. The molecule has 5 aliphatic heterocycles. The summed E-state index contributed by atoms with van der Waals surface area (Å²) in [4.78, 5) is 56.6. The lowest BCUT2D eigenvalue weighted by atomic mass is 9.71. The molecule has 16 heteroatoms. The minimum atomic E-state index is -1.13. The molecule has 54 heavy (non-hydrogen) atoms. The number of piperazine rings is 1. The highest BCUT2D eigenvalue weighted by Gasteiger charge is 2.60. The lowest BCUT2D eigenvalue weighted by Crippen LogP contribution is -2.69. The Morgan fingerprint density at radius 1 is 1.09 bits per heavy atom. The van der Waals surface area contributed by atoms with Crippen LogP contribution in [0.2, 0.25) is 0 Å². The topological polar surface area (TPSA) is 189 Å². The van der Waals surface area contributed by atoms with Gasteiger partial charge in [0.2, 0.25) is 18.6 Å². The molecular formula is C38H45N5O10S. The number of methoxy groups -OCH3 is 1. The van der Waals surface area contributed by atoms with Gasteiger partial charge in [0, 0.05) is 53.9 Å². The normalized spacial score (nSPS) is 27.4. The smallest absolute Gasteiger partial charge is 0.329 e. The zero-order valence-electron chi connectivity index (χ0n) is 31.5. The molecule has 0 aliphatic carbocycles. The molecule has 0 saturated carbocycles. The quantitative estimate of drug-likeness (QED) is 0.288. The Morgan fingerprint density at radius 3 is 2.46 bits per heavy atom. The summed E-state index contributed by atoms with van der Waals surface area (Å²) >= 11 is 1.34. The van der Waals surface area contributed by atoms with Crippen molar-refractivity contribution in [2.75, 3.05) is 33.3 Å². The van der Waals surface area contributed by atoms with Crippen LogP contribution in [0.4, 0.5) is 0 Å². The molecular weight excluding hydrogens is 719 g/mol. The summed E-state index contributed by atoms with van der Waals surface area (Å²) < 4.78 is 29.9. The van der Waals surface area contributed by atoms with Crippen molar-refractivity contribution in [3.05, 3.63) is 39.4 Å². The van der Waals surface area contributed by atoms with E-state index in [4.69, 9.17) is 23.7 Å². The average molecular weight is 764 g/mol. The van der Waals surface area contributed by atoms with Crippen molar-refractivity contribution in [1.29, 1.82) is 5.26 Å². The molecule has 2 amide bonds. The third-order valence-electron chi connectivity index (χ3n) is 11.3. The molecule has 0 radical (unpaired) electrons. The molecule has 2 aromatic rings. The van der Waals surface area contributed by atoms with E-state index in [-0.39, 0.29) is 48.5 Å². The number of hydrogen-bond donors (Lipinski definition) is 3. The van der Waals surface area contributed by atoms with E-state index in [1.165, 1.54) is 32.7 Å². The predicted molar refractivity (Wildman–Crippen MR) is 194 cm³/mol. The number of thioether (sulfide) groups is 1. The molecule has 2 aromatic carbocycles. The largest absolute Gasteiger partial charge is 0.504 e. The third kappa shape index (κ3) is 5.88. The van der Waals surface area contributed by atoms with Crippen LogP contribution in [0.3, 0.4) is 0 Å². The monoisotopic (exact) mass is 763 g/mol. The van der Waals surface area contributed by atoms with Gasteiger partial charge in [0.1, 0.15) is 30.5 Å². The number of aromatic hydroxyl groups is 1. The Hall–Kier alpha value is -4.72. The third-order valence-corrected chi connectivity index (χ3v) is 12.7. The van der Waals surface area contributed by atoms with E-state index in [2.05, 4.69) is 26.5 Å². The second-order valence-electron chi connectivity index (χ2n) is 14.9. The standard InChI is InChI=1S/C38H45N5O10S/c1-15(2)28(40-18(5)44)37(47)41-21-13-54-36-27-26(35-34(51-14-52-35)17(4)33(27)53-19(6)45)24(12-50-38(21)48)43-23(11-39)22-10-20-9-16(3)32(49-8)31(46)25(20)29(30(36)43)42(22)7/h9,15,21-24,28-30,36,46H,10,12-14H2,1-8H3,(H,40,44)(H,41,47)/t21-,22+,23-,24-,28?,29-,30?,36+/m0/s1. The number of esters is 2. The molecule has 5 heterocycles. The van der Waals surface area contributed by atoms with Gasteiger partial charge < -0.3 is 39.4 Å². The maximum Gasteiger partial charge on any atom is 0.329 e. The SMILES string of the molecule is COc1c(C)cc2c(c1O)[C@H]1C3[C@@H]4SC[C@H](NC(=O)C(NC(C)=O)C(C)C)C(=O)OC[C@@H](c5c6c(c(C)c(OC(C)=O)c54)OCO6)N3[C@@H](C#N)[C@@H](C2)N1C. The number of aryl methyl sites for hydroxylation is 1. The summed E-state index contributed by atoms with van der Waals surface area (Å²) in [6.45, 7) is 9.54. The van der Waals surface area contributed by atoms with Crippen LogP contribution in [0.25, 0.3) is 0 Å². The molecule has 4 bridgehead atoms. The molecule has 3 N–H and O–H groups in total. The molecule has 15 nitrogen and oxygen atoms in total. The zero-order chi connectivity index (χ0) is 38.9. The highest BCUT2D eigenvalue weighted by molar-refractivity contribution is 7.99. The Kier molecular flexibility index (Phi) is 9.86. The number of benzene rings is 2. The van der Waals surface area contributed by atoms with E-state index in [0.29, 0.717) is 45.9 Å². The summed E-state index contributed by atoms with van der Waals surface area (Å²) in [6.07, 6.45) is 0.461. The number of phenolic OH excluding ortho intramolecular Hbond substituents is 1. The summed E-state index contributed by atoms with van der Waals surface area (Å²) in [5.74, 6) is -0.973. The minimum Gasteiger partial charge on any atom is -0.504 e. The van der Waals surface area contributed by atoms with Crippen molar-refractivity contribution in [3.63, 3.8) is 0 Å². The Labute approximate surface area is 317 Å². The number of nitrogens with zero attached hydrogens (tertiary/aromatic N) is 3. The van der Waals surface area contributed by atoms with Gasteiger partial charge in [-0.2, -0.15) is 5.26 Å². The number of nitriles is 1. The number of carbonyl (C=O) groups is 4. The van der Waals surface area contributed by atoms with E-state index >= 15 is 0 Å². The maximum atomic E-state index is 13.9. The summed E-state index contributed by atoms with van der Waals surface area (Å²) in [7, 11) is 3.45. The molecule has 2 saturated heterocycles. The molecule has 0 spiro atoms. The highest BCUT2D eigenvalue weighted by Crippen LogP contribution is 2.64. The van der Waals surface area contributed by atoms with Crippen LogP contribution in [-0.4, -0.2) is 102 Å². The lowest BCUT2D eigenvalue weighted by molar-refractivity contribution is -0.152. The number of nitrogens with one attached hydrogen (secondary N) is 2. The van der Waals surface area contributed by atoms with Crippen molar-refractivity contribution >= 4 is 35.5 Å². The first kappa shape index (κ1) is 37.6. The zero-order valence-corrected chi connectivity index (χ0v) is 32.3.